The minimum absolute atomic E-state index is 0.0373. The molecule has 0 aromatic heterocycles. The number of benzene rings is 2. The predicted octanol–water partition coefficient (Wildman–Crippen LogP) is 5.16. The molecule has 0 aliphatic carbocycles. The van der Waals surface area contributed by atoms with Crippen molar-refractivity contribution in [3.63, 3.8) is 0 Å². The lowest BCUT2D eigenvalue weighted by Gasteiger charge is -2.14. The van der Waals surface area contributed by atoms with Crippen molar-refractivity contribution < 1.29 is 14.4 Å². The Hall–Kier alpha value is -3.19. The molecule has 2 aromatic carbocycles. The number of hydrogen-bond donors (Lipinski definition) is 1. The second-order valence-corrected chi connectivity index (χ2v) is 9.04. The average molecular weight is 450 g/mol. The highest BCUT2D eigenvalue weighted by Crippen LogP contribution is 2.32. The van der Waals surface area contributed by atoms with E-state index >= 15 is 0 Å². The number of rotatable bonds is 8. The third-order valence-corrected chi connectivity index (χ3v) is 6.22. The molecule has 1 heterocycles. The molecule has 1 saturated heterocycles. The first-order chi connectivity index (χ1) is 15.3. The van der Waals surface area contributed by atoms with Gasteiger partial charge in [-0.25, -0.2) is 4.99 Å². The molecule has 1 atom stereocenters. The Labute approximate surface area is 192 Å². The van der Waals surface area contributed by atoms with Gasteiger partial charge in [-0.1, -0.05) is 56.0 Å². The number of ketones is 1. The Morgan fingerprint density at radius 3 is 2.56 bits per heavy atom. The lowest BCUT2D eigenvalue weighted by molar-refractivity contribution is -0.127. The third kappa shape index (κ3) is 5.73. The summed E-state index contributed by atoms with van der Waals surface area (Å²) in [6.45, 7) is 9.73. The summed E-state index contributed by atoms with van der Waals surface area (Å²) in [6, 6.07) is 14.7. The molecule has 0 saturated carbocycles. The number of hydrogen-bond acceptors (Lipinski definition) is 5. The number of Topliss-reactive ketones (excluding diaryl/α,β-unsaturated/α-hetero) is 1. The zero-order chi connectivity index (χ0) is 23.3. The number of carbonyl (C=O) groups excluding carboxylic acids is 3. The maximum atomic E-state index is 12.9. The van der Waals surface area contributed by atoms with E-state index in [9.17, 15) is 14.4 Å². The number of thioether (sulfide) groups is 1. The van der Waals surface area contributed by atoms with Crippen LogP contribution in [0.4, 0.5) is 11.4 Å². The fourth-order valence-corrected chi connectivity index (χ4v) is 4.43. The van der Waals surface area contributed by atoms with Crippen LogP contribution in [0.5, 0.6) is 0 Å². The normalized spacial score (nSPS) is 17.1. The van der Waals surface area contributed by atoms with Crippen LogP contribution in [0.15, 0.2) is 66.2 Å². The summed E-state index contributed by atoms with van der Waals surface area (Å²) in [7, 11) is 0. The highest BCUT2D eigenvalue weighted by atomic mass is 32.2. The molecule has 166 valence electrons. The molecule has 1 unspecified atom stereocenters. The number of amides is 2. The van der Waals surface area contributed by atoms with Gasteiger partial charge in [0, 0.05) is 24.2 Å². The van der Waals surface area contributed by atoms with E-state index in [1.54, 1.807) is 30.3 Å². The van der Waals surface area contributed by atoms with Gasteiger partial charge >= 0.3 is 0 Å². The van der Waals surface area contributed by atoms with E-state index in [1.165, 1.54) is 29.1 Å². The Bertz CT molecular complexity index is 1060. The van der Waals surface area contributed by atoms with Crippen LogP contribution in [0.1, 0.15) is 49.0 Å². The van der Waals surface area contributed by atoms with Gasteiger partial charge in [0.05, 0.1) is 5.69 Å². The highest BCUT2D eigenvalue weighted by Gasteiger charge is 2.38. The van der Waals surface area contributed by atoms with Crippen molar-refractivity contribution in [2.24, 2.45) is 4.99 Å². The molecule has 7 heteroatoms. The van der Waals surface area contributed by atoms with Crippen LogP contribution in [0.3, 0.4) is 0 Å². The Morgan fingerprint density at radius 2 is 1.94 bits per heavy atom. The molecule has 1 N–H and O–H groups in total. The second-order valence-electron chi connectivity index (χ2n) is 7.87. The molecule has 6 nitrogen and oxygen atoms in total. The van der Waals surface area contributed by atoms with Gasteiger partial charge in [-0.3, -0.25) is 19.3 Å². The summed E-state index contributed by atoms with van der Waals surface area (Å²) >= 11 is 1.25. The van der Waals surface area contributed by atoms with Crippen LogP contribution in [-0.4, -0.2) is 39.5 Å². The zero-order valence-electron chi connectivity index (χ0n) is 18.5. The van der Waals surface area contributed by atoms with E-state index in [1.807, 2.05) is 24.3 Å². The minimum Gasteiger partial charge on any atom is -0.326 e. The van der Waals surface area contributed by atoms with Crippen molar-refractivity contribution in [3.8, 4) is 0 Å². The van der Waals surface area contributed by atoms with Gasteiger partial charge in [0.2, 0.25) is 11.8 Å². The SMILES string of the molecule is C=CCN1C(=O)C(CC(=O)Nc2ccc(C(C)C)cc2)SC1=Nc1cccc(C(C)=O)c1. The van der Waals surface area contributed by atoms with E-state index < -0.39 is 5.25 Å². The molecule has 1 fully saturated rings. The van der Waals surface area contributed by atoms with Crippen molar-refractivity contribution in [2.75, 3.05) is 11.9 Å². The van der Waals surface area contributed by atoms with E-state index in [0.29, 0.717) is 34.6 Å². The predicted molar refractivity (Wildman–Crippen MR) is 131 cm³/mol. The van der Waals surface area contributed by atoms with Crippen molar-refractivity contribution in [2.45, 2.75) is 38.4 Å². The molecule has 3 rings (SSSR count). The molecule has 1 aliphatic rings. The molecule has 1 aliphatic heterocycles. The Kier molecular flexibility index (Phi) is 7.64. The number of anilines is 1. The number of carbonyl (C=O) groups is 3. The number of amidine groups is 1. The monoisotopic (exact) mass is 449 g/mol. The van der Waals surface area contributed by atoms with Crippen LogP contribution in [0.25, 0.3) is 0 Å². The van der Waals surface area contributed by atoms with Gasteiger partial charge in [-0.2, -0.15) is 0 Å². The second kappa shape index (κ2) is 10.4. The lowest BCUT2D eigenvalue weighted by Crippen LogP contribution is -2.33. The summed E-state index contributed by atoms with van der Waals surface area (Å²) in [4.78, 5) is 43.3. The van der Waals surface area contributed by atoms with Gasteiger partial charge in [-0.15, -0.1) is 6.58 Å². The fraction of sp³-hybridized carbons (Fsp3) is 0.280. The van der Waals surface area contributed by atoms with E-state index in [0.717, 1.165) is 0 Å². The standard InChI is InChI=1S/C25H27N3O3S/c1-5-13-28-24(31)22(15-23(30)26-20-11-9-18(10-12-20)16(2)3)32-25(28)27-21-8-6-7-19(14-21)17(4)29/h5-12,14,16,22H,1,13,15H2,2-4H3,(H,26,30). The summed E-state index contributed by atoms with van der Waals surface area (Å²) < 4.78 is 0. The van der Waals surface area contributed by atoms with Crippen LogP contribution < -0.4 is 5.32 Å². The zero-order valence-corrected chi connectivity index (χ0v) is 19.3. The maximum absolute atomic E-state index is 12.9. The number of aliphatic imine (C=N–C) groups is 1. The first-order valence-corrected chi connectivity index (χ1v) is 11.3. The molecule has 0 bridgehead atoms. The van der Waals surface area contributed by atoms with Crippen LogP contribution in [0, 0.1) is 0 Å². The van der Waals surface area contributed by atoms with Gasteiger partial charge in [-0.05, 0) is 42.7 Å². The molecular formula is C25H27N3O3S. The van der Waals surface area contributed by atoms with Crippen molar-refractivity contribution in [1.82, 2.24) is 4.90 Å². The smallest absolute Gasteiger partial charge is 0.242 e. The summed E-state index contributed by atoms with van der Waals surface area (Å²) in [6.07, 6.45) is 1.66. The highest BCUT2D eigenvalue weighted by molar-refractivity contribution is 8.15. The summed E-state index contributed by atoms with van der Waals surface area (Å²) in [5.41, 5.74) is 3.03. The van der Waals surface area contributed by atoms with Crippen molar-refractivity contribution in [3.05, 3.63) is 72.3 Å². The van der Waals surface area contributed by atoms with Crippen molar-refractivity contribution in [1.29, 1.82) is 0 Å². The first kappa shape index (κ1) is 23.5. The van der Waals surface area contributed by atoms with Gasteiger partial charge in [0.15, 0.2) is 11.0 Å². The largest absolute Gasteiger partial charge is 0.326 e. The topological polar surface area (TPSA) is 78.8 Å². The summed E-state index contributed by atoms with van der Waals surface area (Å²) in [5, 5.41) is 2.79. The van der Waals surface area contributed by atoms with E-state index in [-0.39, 0.29) is 24.0 Å². The van der Waals surface area contributed by atoms with Gasteiger partial charge in [0.25, 0.3) is 0 Å². The third-order valence-electron chi connectivity index (χ3n) is 5.04. The van der Waals surface area contributed by atoms with Crippen LogP contribution >= 0.6 is 11.8 Å². The molecule has 0 radical (unpaired) electrons. The van der Waals surface area contributed by atoms with Gasteiger partial charge < -0.3 is 5.32 Å². The number of nitrogens with zero attached hydrogens (tertiary/aromatic N) is 2. The van der Waals surface area contributed by atoms with Crippen LogP contribution in [0.2, 0.25) is 0 Å². The molecule has 32 heavy (non-hydrogen) atoms. The van der Waals surface area contributed by atoms with E-state index in [4.69, 9.17) is 0 Å². The van der Waals surface area contributed by atoms with Gasteiger partial charge in [0.1, 0.15) is 5.25 Å². The maximum Gasteiger partial charge on any atom is 0.242 e. The molecule has 2 aromatic rings. The average Bonchev–Trinajstić information content (AvgIpc) is 3.03. The quantitative estimate of drug-likeness (QED) is 0.446. The Balaban J connectivity index is 1.73. The first-order valence-electron chi connectivity index (χ1n) is 10.5. The van der Waals surface area contributed by atoms with Crippen molar-refractivity contribution >= 4 is 45.9 Å². The fourth-order valence-electron chi connectivity index (χ4n) is 3.26. The lowest BCUT2D eigenvalue weighted by atomic mass is 10.0. The minimum atomic E-state index is -0.570. The number of nitrogens with one attached hydrogen (secondary N) is 1. The van der Waals surface area contributed by atoms with E-state index in [2.05, 4.69) is 30.7 Å². The molecular weight excluding hydrogens is 422 g/mol. The Morgan fingerprint density at radius 1 is 1.22 bits per heavy atom. The molecule has 2 amide bonds. The molecule has 0 spiro atoms. The van der Waals surface area contributed by atoms with Crippen LogP contribution in [-0.2, 0) is 9.59 Å². The summed E-state index contributed by atoms with van der Waals surface area (Å²) in [5.74, 6) is -0.0497.